The standard InChI is InChI=1S/C14H22FN3/c1-3-10-6-13(18(2)17-10)9-14(15)7-11-4-5-12(8-14)16-11/h6,11-12,16H,3-5,7-9H2,1-2H3. The van der Waals surface area contributed by atoms with Gasteiger partial charge in [-0.1, -0.05) is 6.92 Å². The number of piperidine rings is 1. The minimum absolute atomic E-state index is 0.396. The first-order valence-electron chi connectivity index (χ1n) is 7.05. The second kappa shape index (κ2) is 4.34. The van der Waals surface area contributed by atoms with Gasteiger partial charge in [-0.15, -0.1) is 0 Å². The zero-order valence-corrected chi connectivity index (χ0v) is 11.2. The maximum Gasteiger partial charge on any atom is 0.119 e. The van der Waals surface area contributed by atoms with E-state index < -0.39 is 5.67 Å². The Balaban J connectivity index is 1.76. The molecule has 2 unspecified atom stereocenters. The minimum Gasteiger partial charge on any atom is -0.311 e. The van der Waals surface area contributed by atoms with Crippen LogP contribution in [0, 0.1) is 0 Å². The number of aromatic nitrogens is 2. The highest BCUT2D eigenvalue weighted by atomic mass is 19.1. The van der Waals surface area contributed by atoms with Gasteiger partial charge in [0, 0.05) is 31.2 Å². The van der Waals surface area contributed by atoms with Crippen molar-refractivity contribution in [3.05, 3.63) is 17.5 Å². The van der Waals surface area contributed by atoms with Gasteiger partial charge >= 0.3 is 0 Å². The second-order valence-corrected chi connectivity index (χ2v) is 5.98. The highest BCUT2D eigenvalue weighted by molar-refractivity contribution is 5.15. The number of hydrogen-bond donors (Lipinski definition) is 1. The molecule has 0 saturated carbocycles. The number of aryl methyl sites for hydroxylation is 2. The molecule has 2 aliphatic rings. The third-order valence-corrected chi connectivity index (χ3v) is 4.45. The van der Waals surface area contributed by atoms with Gasteiger partial charge in [0.2, 0.25) is 0 Å². The van der Waals surface area contributed by atoms with E-state index >= 15 is 4.39 Å². The van der Waals surface area contributed by atoms with Crippen LogP contribution in [0.15, 0.2) is 6.07 Å². The fourth-order valence-electron chi connectivity index (χ4n) is 3.57. The normalized spacial score (nSPS) is 35.1. The molecular weight excluding hydrogens is 229 g/mol. The van der Waals surface area contributed by atoms with E-state index in [2.05, 4.69) is 23.4 Å². The Morgan fingerprint density at radius 1 is 1.44 bits per heavy atom. The van der Waals surface area contributed by atoms with Crippen molar-refractivity contribution >= 4 is 0 Å². The Morgan fingerprint density at radius 3 is 2.67 bits per heavy atom. The van der Waals surface area contributed by atoms with Crippen LogP contribution < -0.4 is 5.32 Å². The van der Waals surface area contributed by atoms with Crippen LogP contribution in [0.25, 0.3) is 0 Å². The lowest BCUT2D eigenvalue weighted by Crippen LogP contribution is -2.47. The van der Waals surface area contributed by atoms with E-state index in [1.54, 1.807) is 0 Å². The molecule has 1 aromatic heterocycles. The lowest BCUT2D eigenvalue weighted by atomic mass is 9.85. The highest BCUT2D eigenvalue weighted by Gasteiger charge is 2.44. The smallest absolute Gasteiger partial charge is 0.119 e. The largest absolute Gasteiger partial charge is 0.311 e. The number of rotatable bonds is 3. The van der Waals surface area contributed by atoms with Crippen molar-refractivity contribution in [2.75, 3.05) is 0 Å². The van der Waals surface area contributed by atoms with Crippen molar-refractivity contribution in [3.63, 3.8) is 0 Å². The lowest BCUT2D eigenvalue weighted by molar-refractivity contribution is 0.0872. The van der Waals surface area contributed by atoms with E-state index in [0.29, 0.717) is 31.3 Å². The van der Waals surface area contributed by atoms with Gasteiger partial charge < -0.3 is 5.32 Å². The summed E-state index contributed by atoms with van der Waals surface area (Å²) in [4.78, 5) is 0. The van der Waals surface area contributed by atoms with E-state index in [4.69, 9.17) is 0 Å². The topological polar surface area (TPSA) is 29.9 Å². The molecule has 4 heteroatoms. The number of halogens is 1. The summed E-state index contributed by atoms with van der Waals surface area (Å²) in [6.45, 7) is 2.09. The fourth-order valence-corrected chi connectivity index (χ4v) is 3.57. The molecule has 3 rings (SSSR count). The number of nitrogens with one attached hydrogen (secondary N) is 1. The molecule has 2 fully saturated rings. The molecular formula is C14H22FN3. The molecule has 1 aromatic rings. The summed E-state index contributed by atoms with van der Waals surface area (Å²) in [5.74, 6) is 0. The molecule has 2 bridgehead atoms. The summed E-state index contributed by atoms with van der Waals surface area (Å²) in [6.07, 6.45) is 5.04. The minimum atomic E-state index is -1.03. The zero-order valence-electron chi connectivity index (χ0n) is 11.2. The number of alkyl halides is 1. The summed E-state index contributed by atoms with van der Waals surface area (Å²) in [7, 11) is 1.92. The molecule has 100 valence electrons. The van der Waals surface area contributed by atoms with E-state index in [0.717, 1.165) is 30.7 Å². The summed E-state index contributed by atoms with van der Waals surface area (Å²) in [6, 6.07) is 2.85. The van der Waals surface area contributed by atoms with Gasteiger partial charge in [0.1, 0.15) is 5.67 Å². The molecule has 3 heterocycles. The van der Waals surface area contributed by atoms with Crippen molar-refractivity contribution in [2.24, 2.45) is 7.05 Å². The van der Waals surface area contributed by atoms with Crippen molar-refractivity contribution < 1.29 is 4.39 Å². The predicted molar refractivity (Wildman–Crippen MR) is 69.3 cm³/mol. The molecule has 0 amide bonds. The van der Waals surface area contributed by atoms with Gasteiger partial charge in [-0.25, -0.2) is 4.39 Å². The molecule has 2 atom stereocenters. The number of fused-ring (bicyclic) bond motifs is 2. The van der Waals surface area contributed by atoms with E-state index in [1.165, 1.54) is 0 Å². The third-order valence-electron chi connectivity index (χ3n) is 4.45. The second-order valence-electron chi connectivity index (χ2n) is 5.98. The summed E-state index contributed by atoms with van der Waals surface area (Å²) in [5.41, 5.74) is 1.07. The summed E-state index contributed by atoms with van der Waals surface area (Å²) < 4.78 is 16.9. The molecule has 0 aromatic carbocycles. The molecule has 0 aliphatic carbocycles. The molecule has 18 heavy (non-hydrogen) atoms. The van der Waals surface area contributed by atoms with Crippen LogP contribution in [0.4, 0.5) is 4.39 Å². The van der Waals surface area contributed by atoms with Crippen molar-refractivity contribution in [2.45, 2.75) is 63.2 Å². The average Bonchev–Trinajstić information content (AvgIpc) is 2.83. The lowest BCUT2D eigenvalue weighted by Gasteiger charge is -2.35. The van der Waals surface area contributed by atoms with Gasteiger partial charge in [-0.3, -0.25) is 4.68 Å². The van der Waals surface area contributed by atoms with Crippen molar-refractivity contribution in [3.8, 4) is 0 Å². The Kier molecular flexibility index (Phi) is 2.93. The van der Waals surface area contributed by atoms with Crippen LogP contribution in [-0.4, -0.2) is 27.5 Å². The highest BCUT2D eigenvalue weighted by Crippen LogP contribution is 2.38. The molecule has 1 N–H and O–H groups in total. The van der Waals surface area contributed by atoms with Gasteiger partial charge in [-0.2, -0.15) is 5.10 Å². The maximum absolute atomic E-state index is 15.0. The van der Waals surface area contributed by atoms with E-state index in [9.17, 15) is 0 Å². The Labute approximate surface area is 108 Å². The van der Waals surface area contributed by atoms with Crippen LogP contribution in [0.3, 0.4) is 0 Å². The predicted octanol–water partition coefficient (Wildman–Crippen LogP) is 2.15. The van der Waals surface area contributed by atoms with Crippen molar-refractivity contribution in [1.82, 2.24) is 15.1 Å². The number of hydrogen-bond acceptors (Lipinski definition) is 2. The molecule has 0 radical (unpaired) electrons. The summed E-state index contributed by atoms with van der Waals surface area (Å²) >= 11 is 0. The first-order valence-corrected chi connectivity index (χ1v) is 7.05. The Morgan fingerprint density at radius 2 is 2.11 bits per heavy atom. The van der Waals surface area contributed by atoms with Gasteiger partial charge in [0.05, 0.1) is 5.69 Å². The van der Waals surface area contributed by atoms with E-state index in [-0.39, 0.29) is 0 Å². The molecule has 2 aliphatic heterocycles. The third kappa shape index (κ3) is 2.18. The molecule has 3 nitrogen and oxygen atoms in total. The monoisotopic (exact) mass is 251 g/mol. The van der Waals surface area contributed by atoms with E-state index in [1.807, 2.05) is 11.7 Å². The van der Waals surface area contributed by atoms with Gasteiger partial charge in [0.15, 0.2) is 0 Å². The number of nitrogens with zero attached hydrogens (tertiary/aromatic N) is 2. The zero-order chi connectivity index (χ0) is 12.8. The first-order chi connectivity index (χ1) is 8.58. The average molecular weight is 251 g/mol. The summed E-state index contributed by atoms with van der Waals surface area (Å²) in [5, 5.41) is 7.91. The van der Waals surface area contributed by atoms with Crippen LogP contribution in [-0.2, 0) is 19.9 Å². The first kappa shape index (κ1) is 12.2. The molecule has 0 spiro atoms. The van der Waals surface area contributed by atoms with Gasteiger partial charge in [0.25, 0.3) is 0 Å². The maximum atomic E-state index is 15.0. The van der Waals surface area contributed by atoms with Crippen molar-refractivity contribution in [1.29, 1.82) is 0 Å². The van der Waals surface area contributed by atoms with Crippen LogP contribution in [0.2, 0.25) is 0 Å². The fraction of sp³-hybridized carbons (Fsp3) is 0.786. The quantitative estimate of drug-likeness (QED) is 0.892. The molecule has 2 saturated heterocycles. The Hall–Kier alpha value is -0.900. The van der Waals surface area contributed by atoms with Crippen LogP contribution in [0.1, 0.15) is 44.0 Å². The SMILES string of the molecule is CCc1cc(CC2(F)CC3CCC(C2)N3)n(C)n1. The van der Waals surface area contributed by atoms with Gasteiger partial charge in [-0.05, 0) is 38.2 Å². The Bertz CT molecular complexity index is 428. The van der Waals surface area contributed by atoms with Crippen LogP contribution >= 0.6 is 0 Å². The van der Waals surface area contributed by atoms with Crippen LogP contribution in [0.5, 0.6) is 0 Å².